The van der Waals surface area contributed by atoms with E-state index in [1.807, 2.05) is 68.4 Å². The Labute approximate surface area is 163 Å². The number of nitrogens with one attached hydrogen (secondary N) is 2. The third kappa shape index (κ3) is 3.71. The summed E-state index contributed by atoms with van der Waals surface area (Å²) in [7, 11) is 1.65. The molecule has 2 aromatic carbocycles. The molecule has 140 valence electrons. The highest BCUT2D eigenvalue weighted by atomic mass is 16.5. The van der Waals surface area contributed by atoms with E-state index in [9.17, 15) is 0 Å². The fraction of sp³-hybridized carbons (Fsp3) is 0.136. The van der Waals surface area contributed by atoms with Gasteiger partial charge in [-0.2, -0.15) is 4.98 Å². The lowest BCUT2D eigenvalue weighted by Crippen LogP contribution is -2.04. The number of hydrogen-bond donors (Lipinski definition) is 2. The first kappa shape index (κ1) is 17.7. The van der Waals surface area contributed by atoms with E-state index in [2.05, 4.69) is 25.6 Å². The molecular weight excluding hydrogens is 350 g/mol. The van der Waals surface area contributed by atoms with Crippen molar-refractivity contribution in [3.8, 4) is 5.75 Å². The van der Waals surface area contributed by atoms with Crippen LogP contribution in [0.15, 0.2) is 60.8 Å². The Bertz CT molecular complexity index is 1140. The summed E-state index contributed by atoms with van der Waals surface area (Å²) in [6, 6.07) is 17.8. The molecule has 0 aliphatic heterocycles. The number of fused-ring (bicyclic) bond motifs is 1. The molecule has 6 heteroatoms. The molecule has 0 bridgehead atoms. The zero-order chi connectivity index (χ0) is 19.5. The van der Waals surface area contributed by atoms with Crippen molar-refractivity contribution >= 4 is 34.0 Å². The van der Waals surface area contributed by atoms with Crippen molar-refractivity contribution in [1.82, 2.24) is 15.0 Å². The summed E-state index contributed by atoms with van der Waals surface area (Å²) < 4.78 is 5.45. The van der Waals surface area contributed by atoms with Gasteiger partial charge in [0.25, 0.3) is 0 Å². The van der Waals surface area contributed by atoms with Crippen LogP contribution in [-0.2, 0) is 0 Å². The van der Waals surface area contributed by atoms with E-state index >= 15 is 0 Å². The van der Waals surface area contributed by atoms with Crippen LogP contribution in [0.4, 0.5) is 23.1 Å². The molecule has 0 fully saturated rings. The molecule has 6 nitrogen and oxygen atoms in total. The van der Waals surface area contributed by atoms with E-state index in [1.165, 1.54) is 0 Å². The van der Waals surface area contributed by atoms with Crippen LogP contribution in [0.25, 0.3) is 10.9 Å². The number of rotatable bonds is 5. The number of nitrogens with zero attached hydrogens (tertiary/aromatic N) is 3. The van der Waals surface area contributed by atoms with Crippen LogP contribution >= 0.6 is 0 Å². The summed E-state index contributed by atoms with van der Waals surface area (Å²) in [4.78, 5) is 13.6. The molecule has 0 aliphatic carbocycles. The molecule has 0 radical (unpaired) electrons. The number of aryl methyl sites for hydroxylation is 2. The van der Waals surface area contributed by atoms with Crippen molar-refractivity contribution in [3.63, 3.8) is 0 Å². The van der Waals surface area contributed by atoms with Gasteiger partial charge in [0.15, 0.2) is 0 Å². The molecule has 0 amide bonds. The second-order valence-corrected chi connectivity index (χ2v) is 6.55. The van der Waals surface area contributed by atoms with E-state index in [1.54, 1.807) is 13.3 Å². The van der Waals surface area contributed by atoms with Crippen LogP contribution in [0, 0.1) is 13.8 Å². The Hall–Kier alpha value is -3.67. The number of aromatic nitrogens is 3. The minimum Gasteiger partial charge on any atom is -0.495 e. The monoisotopic (exact) mass is 371 g/mol. The SMILES string of the molecule is COc1ccc(C)cc1Nc1cc(C)nc(Nc2cccc3cccnc23)n1. The second-order valence-electron chi connectivity index (χ2n) is 6.55. The van der Waals surface area contributed by atoms with Crippen molar-refractivity contribution in [2.45, 2.75) is 13.8 Å². The number of ether oxygens (including phenoxy) is 1. The van der Waals surface area contributed by atoms with Crippen LogP contribution in [0.5, 0.6) is 5.75 Å². The lowest BCUT2D eigenvalue weighted by molar-refractivity contribution is 0.416. The molecule has 0 atom stereocenters. The fourth-order valence-corrected chi connectivity index (χ4v) is 3.07. The topological polar surface area (TPSA) is 72.0 Å². The standard InChI is InChI=1S/C22H21N5O/c1-14-9-10-19(28-3)18(12-14)25-20-13-15(2)24-22(27-20)26-17-8-4-6-16-7-5-11-23-21(16)17/h4-13H,1-3H3,(H2,24,25,26,27). The van der Waals surface area contributed by atoms with Crippen molar-refractivity contribution in [2.75, 3.05) is 17.7 Å². The molecule has 2 N–H and O–H groups in total. The maximum atomic E-state index is 5.45. The number of hydrogen-bond acceptors (Lipinski definition) is 6. The van der Waals surface area contributed by atoms with Gasteiger partial charge in [0.05, 0.1) is 24.0 Å². The molecule has 2 heterocycles. The highest BCUT2D eigenvalue weighted by molar-refractivity contribution is 5.91. The first-order chi connectivity index (χ1) is 13.6. The second kappa shape index (κ2) is 7.52. The van der Waals surface area contributed by atoms with E-state index < -0.39 is 0 Å². The van der Waals surface area contributed by atoms with Crippen LogP contribution in [0.1, 0.15) is 11.3 Å². The van der Waals surface area contributed by atoms with Crippen LogP contribution < -0.4 is 15.4 Å². The predicted molar refractivity (Wildman–Crippen MR) is 113 cm³/mol. The normalized spacial score (nSPS) is 10.7. The van der Waals surface area contributed by atoms with Gasteiger partial charge in [0, 0.05) is 23.3 Å². The summed E-state index contributed by atoms with van der Waals surface area (Å²) in [6.45, 7) is 3.98. The zero-order valence-electron chi connectivity index (χ0n) is 16.0. The first-order valence-corrected chi connectivity index (χ1v) is 9.00. The van der Waals surface area contributed by atoms with Crippen LogP contribution in [0.2, 0.25) is 0 Å². The number of para-hydroxylation sites is 1. The average Bonchev–Trinajstić information content (AvgIpc) is 2.68. The Morgan fingerprint density at radius 3 is 2.57 bits per heavy atom. The van der Waals surface area contributed by atoms with Gasteiger partial charge in [-0.15, -0.1) is 0 Å². The van der Waals surface area contributed by atoms with E-state index in [-0.39, 0.29) is 0 Å². The maximum absolute atomic E-state index is 5.45. The zero-order valence-corrected chi connectivity index (χ0v) is 16.0. The lowest BCUT2D eigenvalue weighted by atomic mass is 10.2. The van der Waals surface area contributed by atoms with Gasteiger partial charge in [0.1, 0.15) is 11.6 Å². The lowest BCUT2D eigenvalue weighted by Gasteiger charge is -2.13. The molecule has 0 saturated carbocycles. The predicted octanol–water partition coefficient (Wildman–Crippen LogP) is 5.14. The van der Waals surface area contributed by atoms with Crippen molar-refractivity contribution in [2.24, 2.45) is 0 Å². The van der Waals surface area contributed by atoms with Crippen LogP contribution in [0.3, 0.4) is 0 Å². The molecule has 2 aromatic heterocycles. The van der Waals surface area contributed by atoms with Crippen molar-refractivity contribution < 1.29 is 4.74 Å². The van der Waals surface area contributed by atoms with Gasteiger partial charge in [-0.1, -0.05) is 24.3 Å². The van der Waals surface area contributed by atoms with Gasteiger partial charge in [-0.25, -0.2) is 4.98 Å². The van der Waals surface area contributed by atoms with Crippen LogP contribution in [-0.4, -0.2) is 22.1 Å². The number of anilines is 4. The smallest absolute Gasteiger partial charge is 0.229 e. The minimum atomic E-state index is 0.507. The Balaban J connectivity index is 1.67. The summed E-state index contributed by atoms with van der Waals surface area (Å²) in [5.74, 6) is 1.95. The third-order valence-electron chi connectivity index (χ3n) is 4.35. The summed E-state index contributed by atoms with van der Waals surface area (Å²) in [5.41, 5.74) is 4.58. The van der Waals surface area contributed by atoms with Crippen molar-refractivity contribution in [3.05, 3.63) is 72.1 Å². The molecular formula is C22H21N5O. The molecule has 28 heavy (non-hydrogen) atoms. The Morgan fingerprint density at radius 1 is 0.857 bits per heavy atom. The third-order valence-corrected chi connectivity index (χ3v) is 4.35. The Kier molecular flexibility index (Phi) is 4.76. The van der Waals surface area contributed by atoms with E-state index in [0.717, 1.165) is 39.3 Å². The minimum absolute atomic E-state index is 0.507. The van der Waals surface area contributed by atoms with Gasteiger partial charge in [-0.3, -0.25) is 4.98 Å². The highest BCUT2D eigenvalue weighted by Crippen LogP contribution is 2.29. The molecule has 0 saturated heterocycles. The molecule has 0 aliphatic rings. The molecule has 0 spiro atoms. The summed E-state index contributed by atoms with van der Waals surface area (Å²) in [6.07, 6.45) is 1.78. The quantitative estimate of drug-likeness (QED) is 0.506. The highest BCUT2D eigenvalue weighted by Gasteiger charge is 2.09. The summed E-state index contributed by atoms with van der Waals surface area (Å²) >= 11 is 0. The first-order valence-electron chi connectivity index (χ1n) is 9.00. The largest absolute Gasteiger partial charge is 0.495 e. The van der Waals surface area contributed by atoms with Crippen molar-refractivity contribution in [1.29, 1.82) is 0 Å². The van der Waals surface area contributed by atoms with Gasteiger partial charge in [-0.05, 0) is 43.7 Å². The van der Waals surface area contributed by atoms with Gasteiger partial charge in [0.2, 0.25) is 5.95 Å². The fourth-order valence-electron chi connectivity index (χ4n) is 3.07. The average molecular weight is 371 g/mol. The molecule has 0 unspecified atom stereocenters. The number of benzene rings is 2. The summed E-state index contributed by atoms with van der Waals surface area (Å²) in [5, 5.41) is 7.69. The Morgan fingerprint density at radius 2 is 1.71 bits per heavy atom. The van der Waals surface area contributed by atoms with E-state index in [4.69, 9.17) is 4.74 Å². The molecule has 4 aromatic rings. The van der Waals surface area contributed by atoms with E-state index in [0.29, 0.717) is 11.8 Å². The number of pyridine rings is 1. The molecule has 4 rings (SSSR count). The number of methoxy groups -OCH3 is 1. The van der Waals surface area contributed by atoms with Gasteiger partial charge < -0.3 is 15.4 Å². The van der Waals surface area contributed by atoms with Gasteiger partial charge >= 0.3 is 0 Å². The maximum Gasteiger partial charge on any atom is 0.229 e.